The summed E-state index contributed by atoms with van der Waals surface area (Å²) in [5.74, 6) is -0.687. The van der Waals surface area contributed by atoms with Gasteiger partial charge in [0.25, 0.3) is 11.6 Å². The summed E-state index contributed by atoms with van der Waals surface area (Å²) in [5.41, 5.74) is -0.656. The van der Waals surface area contributed by atoms with E-state index in [4.69, 9.17) is 4.74 Å². The molecule has 1 heterocycles. The van der Waals surface area contributed by atoms with Crippen LogP contribution in [0.3, 0.4) is 0 Å². The molecule has 0 saturated heterocycles. The minimum absolute atomic E-state index is 0.179. The van der Waals surface area contributed by atoms with Crippen LogP contribution in [0.2, 0.25) is 0 Å². The van der Waals surface area contributed by atoms with E-state index in [0.29, 0.717) is 0 Å². The van der Waals surface area contributed by atoms with Crippen molar-refractivity contribution in [2.75, 3.05) is 0 Å². The molecule has 0 unspecified atom stereocenters. The number of aliphatic hydroxyl groups is 1. The number of para-hydroxylation sites is 1. The molecule has 1 aliphatic rings. The second kappa shape index (κ2) is 6.64. The largest absolute Gasteiger partial charge is 0.443 e. The van der Waals surface area contributed by atoms with Gasteiger partial charge in [-0.05, 0) is 39.3 Å². The molecule has 25 heavy (non-hydrogen) atoms. The lowest BCUT2D eigenvalue weighted by molar-refractivity contribution is -0.385. The summed E-state index contributed by atoms with van der Waals surface area (Å²) in [5, 5.41) is 21.4. The van der Waals surface area contributed by atoms with Gasteiger partial charge in [0.05, 0.1) is 22.6 Å². The Hall–Kier alpha value is -2.74. The van der Waals surface area contributed by atoms with E-state index in [1.807, 2.05) is 0 Å². The number of hydrogen-bond donors (Lipinski definition) is 1. The number of benzene rings is 1. The van der Waals surface area contributed by atoms with Gasteiger partial charge in [-0.15, -0.1) is 0 Å². The highest BCUT2D eigenvalue weighted by Gasteiger charge is 2.43. The zero-order valence-electron chi connectivity index (χ0n) is 14.4. The number of carbonyl (C=O) groups is 2. The predicted octanol–water partition coefficient (Wildman–Crippen LogP) is 2.50. The number of nitrogens with zero attached hydrogens (tertiary/aromatic N) is 2. The third-order valence-electron chi connectivity index (χ3n) is 3.57. The van der Waals surface area contributed by atoms with Gasteiger partial charge < -0.3 is 9.84 Å². The van der Waals surface area contributed by atoms with Crippen molar-refractivity contribution >= 4 is 23.3 Å². The fraction of sp³-hybridized carbons (Fsp3) is 0.412. The maximum Gasteiger partial charge on any atom is 0.417 e. The molecule has 2 atom stereocenters. The molecular formula is C17H20N2O6. The molecule has 0 fully saturated rings. The number of aliphatic hydroxyl groups excluding tert-OH is 1. The first-order valence-corrected chi connectivity index (χ1v) is 7.72. The molecule has 8 nitrogen and oxygen atoms in total. The summed E-state index contributed by atoms with van der Waals surface area (Å²) in [7, 11) is 0. The number of imide groups is 1. The van der Waals surface area contributed by atoms with Crippen LogP contribution >= 0.6 is 0 Å². The van der Waals surface area contributed by atoms with Gasteiger partial charge in [-0.2, -0.15) is 0 Å². The Balaban J connectivity index is 2.48. The maximum absolute atomic E-state index is 12.4. The quantitative estimate of drug-likeness (QED) is 0.664. The van der Waals surface area contributed by atoms with Gasteiger partial charge in [-0.1, -0.05) is 12.1 Å². The number of amides is 2. The third-order valence-corrected chi connectivity index (χ3v) is 3.57. The van der Waals surface area contributed by atoms with Crippen molar-refractivity contribution in [2.45, 2.75) is 45.4 Å². The molecule has 0 aliphatic carbocycles. The highest BCUT2D eigenvalue weighted by Crippen LogP contribution is 2.36. The Morgan fingerprint density at radius 1 is 1.36 bits per heavy atom. The lowest BCUT2D eigenvalue weighted by Crippen LogP contribution is -2.47. The van der Waals surface area contributed by atoms with Crippen LogP contribution in [-0.2, 0) is 9.53 Å². The number of nitro benzene ring substituents is 1. The minimum Gasteiger partial charge on any atom is -0.443 e. The van der Waals surface area contributed by atoms with E-state index in [1.54, 1.807) is 26.8 Å². The molecule has 1 aromatic rings. The lowest BCUT2D eigenvalue weighted by Gasteiger charge is -2.30. The Morgan fingerprint density at radius 3 is 2.48 bits per heavy atom. The molecular weight excluding hydrogens is 328 g/mol. The first-order chi connectivity index (χ1) is 11.5. The predicted molar refractivity (Wildman–Crippen MR) is 89.6 cm³/mol. The second-order valence-electron chi connectivity index (χ2n) is 6.75. The Morgan fingerprint density at radius 2 is 1.96 bits per heavy atom. The van der Waals surface area contributed by atoms with Gasteiger partial charge in [0.15, 0.2) is 0 Å². The minimum atomic E-state index is -1.13. The third kappa shape index (κ3) is 3.85. The van der Waals surface area contributed by atoms with Crippen molar-refractivity contribution < 1.29 is 24.4 Å². The first-order valence-electron chi connectivity index (χ1n) is 7.72. The lowest BCUT2D eigenvalue weighted by atomic mass is 9.95. The summed E-state index contributed by atoms with van der Waals surface area (Å²) >= 11 is 0. The highest BCUT2D eigenvalue weighted by molar-refractivity contribution is 6.10. The standard InChI is InChI=1S/C17H20N2O6/c1-10(20)15-12(11-7-5-6-8-13(11)19(23)24)9-14(21)18(15)16(22)25-17(2,3)4/h5-10,15,20H,1-4H3/t10-,15+/m1/s1. The van der Waals surface area contributed by atoms with Crippen molar-refractivity contribution in [1.82, 2.24) is 4.90 Å². The molecule has 1 aliphatic heterocycles. The smallest absolute Gasteiger partial charge is 0.417 e. The van der Waals surface area contributed by atoms with E-state index in [-0.39, 0.29) is 16.8 Å². The molecule has 0 radical (unpaired) electrons. The maximum atomic E-state index is 12.4. The molecule has 2 amide bonds. The van der Waals surface area contributed by atoms with E-state index in [0.717, 1.165) is 11.0 Å². The number of ether oxygens (including phenoxy) is 1. The Labute approximate surface area is 144 Å². The first kappa shape index (κ1) is 18.6. The molecule has 1 N–H and O–H groups in total. The monoisotopic (exact) mass is 348 g/mol. The molecule has 0 spiro atoms. The number of rotatable bonds is 3. The molecule has 0 saturated carbocycles. The summed E-state index contributed by atoms with van der Waals surface area (Å²) in [6, 6.07) is 4.80. The highest BCUT2D eigenvalue weighted by atomic mass is 16.6. The average molecular weight is 348 g/mol. The zero-order valence-corrected chi connectivity index (χ0v) is 14.4. The van der Waals surface area contributed by atoms with Crippen molar-refractivity contribution in [2.24, 2.45) is 0 Å². The van der Waals surface area contributed by atoms with Crippen LogP contribution in [0.15, 0.2) is 30.3 Å². The molecule has 8 heteroatoms. The van der Waals surface area contributed by atoms with E-state index in [1.165, 1.54) is 25.1 Å². The van der Waals surface area contributed by atoms with Crippen LogP contribution < -0.4 is 0 Å². The second-order valence-corrected chi connectivity index (χ2v) is 6.75. The van der Waals surface area contributed by atoms with Gasteiger partial charge in [0, 0.05) is 12.1 Å². The van der Waals surface area contributed by atoms with Crippen molar-refractivity contribution in [3.05, 3.63) is 46.0 Å². The van der Waals surface area contributed by atoms with Gasteiger partial charge >= 0.3 is 6.09 Å². The molecule has 0 aromatic heterocycles. The fourth-order valence-electron chi connectivity index (χ4n) is 2.67. The SMILES string of the molecule is C[C@@H](O)[C@H]1C(c2ccccc2[N+](=O)[O-])=CC(=O)N1C(=O)OC(C)(C)C. The van der Waals surface area contributed by atoms with Crippen molar-refractivity contribution in [3.63, 3.8) is 0 Å². The van der Waals surface area contributed by atoms with Gasteiger partial charge in [-0.25, -0.2) is 9.69 Å². The van der Waals surface area contributed by atoms with Crippen molar-refractivity contribution in [1.29, 1.82) is 0 Å². The van der Waals surface area contributed by atoms with Gasteiger partial charge in [-0.3, -0.25) is 14.9 Å². The van der Waals surface area contributed by atoms with Crippen LogP contribution in [-0.4, -0.2) is 44.7 Å². The number of nitro groups is 1. The Bertz CT molecular complexity index is 748. The summed E-state index contributed by atoms with van der Waals surface area (Å²) in [6.07, 6.45) is -0.915. The topological polar surface area (TPSA) is 110 Å². The van der Waals surface area contributed by atoms with E-state index in [9.17, 15) is 24.8 Å². The number of carbonyl (C=O) groups excluding carboxylic acids is 2. The Kier molecular flexibility index (Phi) is 4.94. The van der Waals surface area contributed by atoms with Crippen LogP contribution in [0, 0.1) is 10.1 Å². The molecule has 2 rings (SSSR count). The van der Waals surface area contributed by atoms with Crippen molar-refractivity contribution in [3.8, 4) is 0 Å². The number of hydrogen-bond acceptors (Lipinski definition) is 6. The normalized spacial score (nSPS) is 18.8. The average Bonchev–Trinajstić information content (AvgIpc) is 2.83. The zero-order chi connectivity index (χ0) is 18.9. The molecule has 1 aromatic carbocycles. The van der Waals surface area contributed by atoms with Gasteiger partial charge in [0.1, 0.15) is 5.60 Å². The summed E-state index contributed by atoms with van der Waals surface area (Å²) in [4.78, 5) is 36.2. The van der Waals surface area contributed by atoms with Crippen LogP contribution in [0.5, 0.6) is 0 Å². The van der Waals surface area contributed by atoms with E-state index in [2.05, 4.69) is 0 Å². The van der Waals surface area contributed by atoms with E-state index < -0.39 is 34.7 Å². The molecule has 0 bridgehead atoms. The summed E-state index contributed by atoms with van der Waals surface area (Å²) < 4.78 is 5.22. The van der Waals surface area contributed by atoms with Crippen LogP contribution in [0.1, 0.15) is 33.3 Å². The van der Waals surface area contributed by atoms with Crippen LogP contribution in [0.4, 0.5) is 10.5 Å². The van der Waals surface area contributed by atoms with Crippen LogP contribution in [0.25, 0.3) is 5.57 Å². The fourth-order valence-corrected chi connectivity index (χ4v) is 2.67. The summed E-state index contributed by atoms with van der Waals surface area (Å²) in [6.45, 7) is 6.36. The van der Waals surface area contributed by atoms with Gasteiger partial charge in [0.2, 0.25) is 0 Å². The van der Waals surface area contributed by atoms with E-state index >= 15 is 0 Å². The molecule has 134 valence electrons.